The normalized spacial score (nSPS) is 17.0. The van der Waals surface area contributed by atoms with Crippen molar-refractivity contribution < 1.29 is 4.74 Å². The van der Waals surface area contributed by atoms with Crippen LogP contribution in [0, 0.1) is 0 Å². The first kappa shape index (κ1) is 14.8. The molecule has 0 spiro atoms. The molecule has 2 rings (SSSR count). The number of hydrogen-bond acceptors (Lipinski definition) is 7. The van der Waals surface area contributed by atoms with Gasteiger partial charge in [-0.15, -0.1) is 0 Å². The summed E-state index contributed by atoms with van der Waals surface area (Å²) in [4.78, 5) is 17.0. The molecule has 0 amide bonds. The molecule has 1 fully saturated rings. The number of nitrogens with zero attached hydrogens (tertiary/aromatic N) is 5. The smallest absolute Gasteiger partial charge is 0.323 e. The zero-order valence-corrected chi connectivity index (χ0v) is 12.7. The number of piperidine rings is 1. The van der Waals surface area contributed by atoms with Gasteiger partial charge in [0.15, 0.2) is 0 Å². The van der Waals surface area contributed by atoms with Gasteiger partial charge in [0.2, 0.25) is 11.9 Å². The van der Waals surface area contributed by atoms with Crippen LogP contribution in [-0.4, -0.2) is 59.2 Å². The Kier molecular flexibility index (Phi) is 4.59. The molecule has 20 heavy (non-hydrogen) atoms. The Hall–Kier alpha value is -1.63. The van der Waals surface area contributed by atoms with Gasteiger partial charge in [-0.1, -0.05) is 0 Å². The van der Waals surface area contributed by atoms with Gasteiger partial charge in [0.1, 0.15) is 0 Å². The fourth-order valence-corrected chi connectivity index (χ4v) is 2.35. The van der Waals surface area contributed by atoms with E-state index in [1.165, 1.54) is 0 Å². The predicted octanol–water partition coefficient (Wildman–Crippen LogP) is 0.771. The lowest BCUT2D eigenvalue weighted by Crippen LogP contribution is -2.42. The molecule has 0 unspecified atom stereocenters. The lowest BCUT2D eigenvalue weighted by molar-refractivity contribution is 0.221. The summed E-state index contributed by atoms with van der Waals surface area (Å²) in [5.41, 5.74) is 5.74. The molecule has 2 heterocycles. The highest BCUT2D eigenvalue weighted by Crippen LogP contribution is 2.20. The van der Waals surface area contributed by atoms with E-state index < -0.39 is 0 Å². The van der Waals surface area contributed by atoms with E-state index in [1.54, 1.807) is 0 Å². The van der Waals surface area contributed by atoms with E-state index >= 15 is 0 Å². The number of nitrogens with two attached hydrogens (primary N) is 1. The summed E-state index contributed by atoms with van der Waals surface area (Å²) in [5.74, 6) is 0.825. The van der Waals surface area contributed by atoms with Crippen molar-refractivity contribution in [2.75, 3.05) is 37.8 Å². The minimum Gasteiger partial charge on any atom is -0.461 e. The molecule has 7 heteroatoms. The van der Waals surface area contributed by atoms with Gasteiger partial charge >= 0.3 is 6.01 Å². The quantitative estimate of drug-likeness (QED) is 0.872. The topological polar surface area (TPSA) is 80.4 Å². The molecule has 0 saturated carbocycles. The van der Waals surface area contributed by atoms with Crippen molar-refractivity contribution in [1.82, 2.24) is 19.9 Å². The van der Waals surface area contributed by atoms with Crippen molar-refractivity contribution in [2.45, 2.75) is 38.8 Å². The van der Waals surface area contributed by atoms with Gasteiger partial charge in [0.25, 0.3) is 0 Å². The summed E-state index contributed by atoms with van der Waals surface area (Å²) in [6.45, 7) is 5.71. The average Bonchev–Trinajstić information content (AvgIpc) is 2.37. The average molecular weight is 280 g/mol. The molecule has 1 aromatic heterocycles. The molecule has 0 bridgehead atoms. The van der Waals surface area contributed by atoms with E-state index in [0.717, 1.165) is 25.9 Å². The highest BCUT2D eigenvalue weighted by Gasteiger charge is 2.23. The summed E-state index contributed by atoms with van der Waals surface area (Å²) in [7, 11) is 4.24. The number of ether oxygens (including phenoxy) is 1. The standard InChI is InChI=1S/C13H24N6O/c1-9(2)20-13-16-11(14)15-12(17-13)19-7-5-10(6-8-19)18(3)4/h9-10H,5-8H2,1-4H3,(H2,14,15,16,17). The summed E-state index contributed by atoms with van der Waals surface area (Å²) < 4.78 is 5.51. The molecular weight excluding hydrogens is 256 g/mol. The minimum atomic E-state index is 0.0177. The molecule has 2 N–H and O–H groups in total. The summed E-state index contributed by atoms with van der Waals surface area (Å²) in [5, 5.41) is 0. The lowest BCUT2D eigenvalue weighted by atomic mass is 10.0. The van der Waals surface area contributed by atoms with Gasteiger partial charge in [-0.05, 0) is 40.8 Å². The Morgan fingerprint density at radius 2 is 1.85 bits per heavy atom. The monoisotopic (exact) mass is 280 g/mol. The second-order valence-electron chi connectivity index (χ2n) is 5.62. The maximum atomic E-state index is 5.74. The van der Waals surface area contributed by atoms with Gasteiger partial charge < -0.3 is 20.3 Å². The third kappa shape index (κ3) is 3.69. The Bertz CT molecular complexity index is 442. The van der Waals surface area contributed by atoms with Crippen molar-refractivity contribution in [1.29, 1.82) is 0 Å². The first-order valence-electron chi connectivity index (χ1n) is 7.05. The van der Waals surface area contributed by atoms with Crippen LogP contribution in [0.15, 0.2) is 0 Å². The van der Waals surface area contributed by atoms with E-state index in [0.29, 0.717) is 18.0 Å². The number of nitrogen functional groups attached to an aromatic ring is 1. The third-order valence-electron chi connectivity index (χ3n) is 3.44. The Morgan fingerprint density at radius 1 is 1.20 bits per heavy atom. The van der Waals surface area contributed by atoms with E-state index in [4.69, 9.17) is 10.5 Å². The van der Waals surface area contributed by atoms with Gasteiger partial charge in [0.05, 0.1) is 6.10 Å². The van der Waals surface area contributed by atoms with Crippen molar-refractivity contribution in [3.63, 3.8) is 0 Å². The zero-order chi connectivity index (χ0) is 14.7. The van der Waals surface area contributed by atoms with Gasteiger partial charge in [-0.25, -0.2) is 0 Å². The number of aromatic nitrogens is 3. The van der Waals surface area contributed by atoms with E-state index in [9.17, 15) is 0 Å². The van der Waals surface area contributed by atoms with Crippen molar-refractivity contribution in [2.24, 2.45) is 0 Å². The zero-order valence-electron chi connectivity index (χ0n) is 12.7. The first-order chi connectivity index (χ1) is 9.45. The van der Waals surface area contributed by atoms with Crippen LogP contribution < -0.4 is 15.4 Å². The van der Waals surface area contributed by atoms with Crippen LogP contribution in [0.25, 0.3) is 0 Å². The molecule has 1 saturated heterocycles. The maximum Gasteiger partial charge on any atom is 0.323 e. The minimum absolute atomic E-state index is 0.0177. The van der Waals surface area contributed by atoms with Crippen molar-refractivity contribution in [3.8, 4) is 6.01 Å². The second-order valence-corrected chi connectivity index (χ2v) is 5.62. The van der Waals surface area contributed by atoms with E-state index in [1.807, 2.05) is 13.8 Å². The van der Waals surface area contributed by atoms with Crippen LogP contribution >= 0.6 is 0 Å². The fraction of sp³-hybridized carbons (Fsp3) is 0.769. The SMILES string of the molecule is CC(C)Oc1nc(N)nc(N2CCC(N(C)C)CC2)n1. The number of hydrogen-bond donors (Lipinski definition) is 1. The van der Waals surface area contributed by atoms with Crippen LogP contribution in [0.5, 0.6) is 6.01 Å². The highest BCUT2D eigenvalue weighted by molar-refractivity contribution is 5.36. The van der Waals surface area contributed by atoms with Crippen LogP contribution in [0.3, 0.4) is 0 Å². The Labute approximate surface area is 120 Å². The van der Waals surface area contributed by atoms with E-state index in [-0.39, 0.29) is 12.1 Å². The largest absolute Gasteiger partial charge is 0.461 e. The van der Waals surface area contributed by atoms with Gasteiger partial charge in [0, 0.05) is 19.1 Å². The predicted molar refractivity (Wildman–Crippen MR) is 78.9 cm³/mol. The van der Waals surface area contributed by atoms with Gasteiger partial charge in [-0.2, -0.15) is 15.0 Å². The molecule has 0 radical (unpaired) electrons. The van der Waals surface area contributed by atoms with Crippen LogP contribution in [0.2, 0.25) is 0 Å². The molecule has 1 aliphatic heterocycles. The van der Waals surface area contributed by atoms with E-state index in [2.05, 4.69) is 38.8 Å². The molecule has 7 nitrogen and oxygen atoms in total. The Balaban J connectivity index is 2.07. The number of rotatable bonds is 4. The fourth-order valence-electron chi connectivity index (χ4n) is 2.35. The Morgan fingerprint density at radius 3 is 2.40 bits per heavy atom. The molecule has 1 aliphatic rings. The number of anilines is 2. The summed E-state index contributed by atoms with van der Waals surface area (Å²) >= 11 is 0. The first-order valence-corrected chi connectivity index (χ1v) is 7.05. The summed E-state index contributed by atoms with van der Waals surface area (Å²) in [6.07, 6.45) is 2.21. The highest BCUT2D eigenvalue weighted by atomic mass is 16.5. The molecule has 0 aliphatic carbocycles. The third-order valence-corrected chi connectivity index (χ3v) is 3.44. The van der Waals surface area contributed by atoms with Crippen molar-refractivity contribution >= 4 is 11.9 Å². The maximum absolute atomic E-state index is 5.74. The lowest BCUT2D eigenvalue weighted by Gasteiger charge is -2.35. The van der Waals surface area contributed by atoms with Crippen molar-refractivity contribution in [3.05, 3.63) is 0 Å². The summed E-state index contributed by atoms with van der Waals surface area (Å²) in [6, 6.07) is 0.925. The molecule has 0 aromatic carbocycles. The second kappa shape index (κ2) is 6.21. The van der Waals surface area contributed by atoms with Gasteiger partial charge in [-0.3, -0.25) is 0 Å². The van der Waals surface area contributed by atoms with Crippen LogP contribution in [-0.2, 0) is 0 Å². The molecular formula is C13H24N6O. The van der Waals surface area contributed by atoms with Crippen LogP contribution in [0.1, 0.15) is 26.7 Å². The molecule has 112 valence electrons. The molecule has 0 atom stereocenters. The van der Waals surface area contributed by atoms with Crippen LogP contribution in [0.4, 0.5) is 11.9 Å². The molecule has 1 aromatic rings.